The monoisotopic (exact) mass is 586 g/mol. The van der Waals surface area contributed by atoms with Gasteiger partial charge >= 0.3 is 5.97 Å². The van der Waals surface area contributed by atoms with Crippen LogP contribution in [0.4, 0.5) is 26.7 Å². The van der Waals surface area contributed by atoms with E-state index in [9.17, 15) is 36.3 Å². The molecule has 0 aliphatic rings. The zero-order valence-corrected chi connectivity index (χ0v) is 17.7. The van der Waals surface area contributed by atoms with Gasteiger partial charge in [-0.3, -0.25) is 9.59 Å². The van der Waals surface area contributed by atoms with Crippen molar-refractivity contribution in [3.63, 3.8) is 0 Å². The molecule has 2 amide bonds. The number of ether oxygens (including phenoxy) is 1. The Bertz CT molecular complexity index is 739. The molecule has 1 aromatic carbocycles. The van der Waals surface area contributed by atoms with Gasteiger partial charge in [-0.15, -0.1) is 0 Å². The van der Waals surface area contributed by atoms with Gasteiger partial charge in [0.2, 0.25) is 40.7 Å². The molecule has 0 aromatic heterocycles. The van der Waals surface area contributed by atoms with E-state index >= 15 is 0 Å². The maximum absolute atomic E-state index is 13.6. The van der Waals surface area contributed by atoms with Gasteiger partial charge in [-0.1, -0.05) is 15.9 Å². The standard InChI is InChI=1S/C15H13BrF5IN2O4/c16-5-7(25)24(4-2-1-3-23-15(22)27)6-8(26)28-14-12(20)10(18)9(17)11(19)13(14)21/h1-6H2,(H,23,27). The number of alkyl halides is 1. The van der Waals surface area contributed by atoms with Crippen molar-refractivity contribution in [2.45, 2.75) is 12.8 Å². The Morgan fingerprint density at radius 3 is 2.00 bits per heavy atom. The molecule has 0 atom stereocenters. The van der Waals surface area contributed by atoms with Crippen molar-refractivity contribution in [1.29, 1.82) is 0 Å². The fourth-order valence-electron chi connectivity index (χ4n) is 1.97. The summed E-state index contributed by atoms with van der Waals surface area (Å²) in [5.74, 6) is -15.2. The second-order valence-electron chi connectivity index (χ2n) is 5.23. The number of hydrogen-bond donors (Lipinski definition) is 1. The Kier molecular flexibility index (Phi) is 10.1. The van der Waals surface area contributed by atoms with Crippen molar-refractivity contribution in [3.05, 3.63) is 29.1 Å². The minimum Gasteiger partial charge on any atom is -0.419 e. The van der Waals surface area contributed by atoms with Crippen LogP contribution in [0, 0.1) is 29.1 Å². The van der Waals surface area contributed by atoms with Gasteiger partial charge in [0, 0.05) is 35.7 Å². The quantitative estimate of drug-likeness (QED) is 0.0460. The van der Waals surface area contributed by atoms with E-state index in [0.29, 0.717) is 19.4 Å². The van der Waals surface area contributed by atoms with Gasteiger partial charge in [-0.25, -0.2) is 18.0 Å². The van der Waals surface area contributed by atoms with Crippen LogP contribution in [0.3, 0.4) is 0 Å². The average Bonchev–Trinajstić information content (AvgIpc) is 2.66. The van der Waals surface area contributed by atoms with E-state index in [0.717, 1.165) is 4.90 Å². The van der Waals surface area contributed by atoms with Crippen LogP contribution in [0.5, 0.6) is 5.75 Å². The summed E-state index contributed by atoms with van der Waals surface area (Å²) < 4.78 is 70.4. The average molecular weight is 587 g/mol. The molecule has 1 rings (SSSR count). The molecule has 1 aromatic rings. The minimum absolute atomic E-state index is 0.0355. The zero-order valence-electron chi connectivity index (χ0n) is 14.0. The second kappa shape index (κ2) is 11.5. The van der Waals surface area contributed by atoms with E-state index in [1.54, 1.807) is 22.6 Å². The number of unbranched alkanes of at least 4 members (excludes halogenated alkanes) is 1. The fourth-order valence-corrected chi connectivity index (χ4v) is 2.59. The van der Waals surface area contributed by atoms with Crippen molar-refractivity contribution in [2.24, 2.45) is 0 Å². The third-order valence-electron chi connectivity index (χ3n) is 3.29. The van der Waals surface area contributed by atoms with Gasteiger partial charge in [0.05, 0.1) is 5.33 Å². The molecule has 0 saturated carbocycles. The fraction of sp³-hybridized carbons (Fsp3) is 0.400. The lowest BCUT2D eigenvalue weighted by Gasteiger charge is -2.21. The summed E-state index contributed by atoms with van der Waals surface area (Å²) in [5, 5.41) is 2.35. The smallest absolute Gasteiger partial charge is 0.331 e. The number of nitrogens with zero attached hydrogens (tertiary/aromatic N) is 1. The van der Waals surface area contributed by atoms with Gasteiger partial charge in [0.15, 0.2) is 0 Å². The molecule has 13 heteroatoms. The SMILES string of the molecule is O=C(I)NCCCCN(CC(=O)Oc1c(F)c(F)c(F)c(F)c1F)C(=O)CBr. The number of esters is 1. The van der Waals surface area contributed by atoms with E-state index in [-0.39, 0.29) is 15.8 Å². The summed E-state index contributed by atoms with van der Waals surface area (Å²) in [6.45, 7) is -0.413. The Labute approximate surface area is 178 Å². The lowest BCUT2D eigenvalue weighted by Crippen LogP contribution is -2.39. The first-order valence-electron chi connectivity index (χ1n) is 7.59. The Morgan fingerprint density at radius 2 is 1.50 bits per heavy atom. The minimum atomic E-state index is -2.38. The third-order valence-corrected chi connectivity index (χ3v) is 4.15. The molecule has 156 valence electrons. The molecule has 0 aliphatic heterocycles. The number of carbonyl (C=O) groups excluding carboxylic acids is 3. The van der Waals surface area contributed by atoms with Crippen LogP contribution < -0.4 is 10.1 Å². The maximum atomic E-state index is 13.6. The molecule has 0 unspecified atom stereocenters. The van der Waals surface area contributed by atoms with Crippen LogP contribution in [0.15, 0.2) is 0 Å². The van der Waals surface area contributed by atoms with Crippen LogP contribution in [-0.2, 0) is 9.59 Å². The van der Waals surface area contributed by atoms with E-state index in [1.807, 2.05) is 0 Å². The number of carbonyl (C=O) groups is 3. The number of nitrogens with one attached hydrogen (secondary N) is 1. The molecular formula is C15H13BrF5IN2O4. The lowest BCUT2D eigenvalue weighted by atomic mass is 10.2. The molecule has 0 saturated heterocycles. The van der Waals surface area contributed by atoms with Crippen LogP contribution >= 0.6 is 38.5 Å². The third kappa shape index (κ3) is 6.83. The molecule has 28 heavy (non-hydrogen) atoms. The summed E-state index contributed by atoms with van der Waals surface area (Å²) >= 11 is 4.44. The topological polar surface area (TPSA) is 75.7 Å². The number of halogens is 7. The van der Waals surface area contributed by atoms with Gasteiger partial charge in [-0.2, -0.15) is 8.78 Å². The molecule has 0 heterocycles. The first-order valence-corrected chi connectivity index (χ1v) is 9.79. The Hall–Kier alpha value is -1.51. The van der Waals surface area contributed by atoms with Crippen LogP contribution in [0.1, 0.15) is 12.8 Å². The zero-order chi connectivity index (χ0) is 21.4. The largest absolute Gasteiger partial charge is 0.419 e. The summed E-state index contributed by atoms with van der Waals surface area (Å²) in [5.41, 5.74) is 0. The summed E-state index contributed by atoms with van der Waals surface area (Å²) in [6.07, 6.45) is 0.832. The van der Waals surface area contributed by atoms with Crippen molar-refractivity contribution in [1.82, 2.24) is 10.2 Å². The van der Waals surface area contributed by atoms with E-state index in [4.69, 9.17) is 0 Å². The first kappa shape index (κ1) is 24.5. The van der Waals surface area contributed by atoms with E-state index in [2.05, 4.69) is 26.0 Å². The predicted molar refractivity (Wildman–Crippen MR) is 98.9 cm³/mol. The van der Waals surface area contributed by atoms with Crippen molar-refractivity contribution >= 4 is 54.3 Å². The van der Waals surface area contributed by atoms with Crippen LogP contribution in [-0.4, -0.2) is 45.7 Å². The van der Waals surface area contributed by atoms with E-state index in [1.165, 1.54) is 0 Å². The van der Waals surface area contributed by atoms with Crippen molar-refractivity contribution < 1.29 is 41.1 Å². The highest BCUT2D eigenvalue weighted by atomic mass is 127. The molecule has 6 nitrogen and oxygen atoms in total. The molecule has 0 bridgehead atoms. The van der Waals surface area contributed by atoms with Crippen LogP contribution in [0.25, 0.3) is 0 Å². The Morgan fingerprint density at radius 1 is 0.964 bits per heavy atom. The Balaban J connectivity index is 2.79. The van der Waals surface area contributed by atoms with E-state index < -0.39 is 53.3 Å². The highest BCUT2D eigenvalue weighted by Gasteiger charge is 2.29. The lowest BCUT2D eigenvalue weighted by molar-refractivity contribution is -0.141. The first-order chi connectivity index (χ1) is 13.1. The normalized spacial score (nSPS) is 10.5. The predicted octanol–water partition coefficient (Wildman–Crippen LogP) is 3.44. The van der Waals surface area contributed by atoms with Gasteiger partial charge in [0.1, 0.15) is 6.54 Å². The maximum Gasteiger partial charge on any atom is 0.331 e. The van der Waals surface area contributed by atoms with Gasteiger partial charge < -0.3 is 15.0 Å². The molecule has 0 fully saturated rings. The number of hydrogen-bond acceptors (Lipinski definition) is 4. The highest BCUT2D eigenvalue weighted by molar-refractivity contribution is 14.1. The van der Waals surface area contributed by atoms with Crippen molar-refractivity contribution in [3.8, 4) is 5.75 Å². The molecule has 0 aliphatic carbocycles. The molecular weight excluding hydrogens is 574 g/mol. The van der Waals surface area contributed by atoms with Crippen LogP contribution in [0.2, 0.25) is 0 Å². The number of amides is 2. The molecule has 0 radical (unpaired) electrons. The van der Waals surface area contributed by atoms with Crippen molar-refractivity contribution in [2.75, 3.05) is 25.0 Å². The number of rotatable bonds is 9. The number of benzene rings is 1. The summed E-state index contributed by atoms with van der Waals surface area (Å²) in [6, 6.07) is 0. The summed E-state index contributed by atoms with van der Waals surface area (Å²) in [4.78, 5) is 35.4. The molecule has 0 spiro atoms. The van der Waals surface area contributed by atoms with Gasteiger partial charge in [-0.05, 0) is 12.8 Å². The van der Waals surface area contributed by atoms with Gasteiger partial charge in [0.25, 0.3) is 3.91 Å². The molecule has 1 N–H and O–H groups in total. The summed E-state index contributed by atoms with van der Waals surface area (Å²) in [7, 11) is 0. The second-order valence-corrected chi connectivity index (χ2v) is 6.77. The highest BCUT2D eigenvalue weighted by Crippen LogP contribution is 2.29.